The highest BCUT2D eigenvalue weighted by Gasteiger charge is 2.23. The number of aryl methyl sites for hydroxylation is 1. The average Bonchev–Trinajstić information content (AvgIpc) is 2.71. The molecule has 3 aromatic rings. The molecule has 0 spiro atoms. The maximum absolute atomic E-state index is 12.7. The van der Waals surface area contributed by atoms with Crippen LogP contribution in [0.1, 0.15) is 6.92 Å². The maximum atomic E-state index is 12.7. The molecule has 1 heterocycles. The molecule has 0 fully saturated rings. The van der Waals surface area contributed by atoms with Gasteiger partial charge in [-0.1, -0.05) is 11.6 Å². The second-order valence-electron chi connectivity index (χ2n) is 6.72. The zero-order chi connectivity index (χ0) is 22.2. The first-order valence-corrected chi connectivity index (χ1v) is 10.7. The van der Waals surface area contributed by atoms with Crippen LogP contribution in [0, 0.1) is 0 Å². The van der Waals surface area contributed by atoms with Crippen molar-refractivity contribution >= 4 is 44.1 Å². The fourth-order valence-electron chi connectivity index (χ4n) is 2.88. The third-order valence-corrected chi connectivity index (χ3v) is 6.38. The summed E-state index contributed by atoms with van der Waals surface area (Å²) in [6, 6.07) is 9.10. The molecule has 0 radical (unpaired) electrons. The lowest BCUT2D eigenvalue weighted by atomic mass is 10.2. The number of carbonyl (C=O) groups excluding carboxylic acids is 1. The lowest BCUT2D eigenvalue weighted by Gasteiger charge is -2.15. The molecule has 30 heavy (non-hydrogen) atoms. The molecule has 1 atom stereocenters. The first kappa shape index (κ1) is 21.8. The molecule has 0 unspecified atom stereocenters. The molecule has 0 aliphatic heterocycles. The third kappa shape index (κ3) is 4.16. The smallest absolute Gasteiger partial charge is 0.325 e. The molecule has 2 aromatic carbocycles. The van der Waals surface area contributed by atoms with Gasteiger partial charge < -0.3 is 5.32 Å². The van der Waals surface area contributed by atoms with Crippen molar-refractivity contribution in [3.05, 3.63) is 68.3 Å². The molecule has 0 aliphatic rings. The van der Waals surface area contributed by atoms with Crippen LogP contribution in [0.2, 0.25) is 5.02 Å². The van der Waals surface area contributed by atoms with Crippen LogP contribution in [-0.2, 0) is 28.9 Å². The molecule has 1 amide bonds. The van der Waals surface area contributed by atoms with Crippen LogP contribution in [0.4, 0.5) is 5.69 Å². The summed E-state index contributed by atoms with van der Waals surface area (Å²) in [4.78, 5) is 36.6. The van der Waals surface area contributed by atoms with Gasteiger partial charge in [-0.15, -0.1) is 0 Å². The maximum Gasteiger partial charge on any atom is 0.330 e. The molecule has 2 N–H and O–H groups in total. The average molecular weight is 451 g/mol. The van der Waals surface area contributed by atoms with E-state index in [1.807, 2.05) is 0 Å². The molecule has 1 aromatic heterocycles. The van der Waals surface area contributed by atoms with Gasteiger partial charge >= 0.3 is 5.69 Å². The second-order valence-corrected chi connectivity index (χ2v) is 8.87. The van der Waals surface area contributed by atoms with Crippen molar-refractivity contribution in [2.75, 3.05) is 5.32 Å². The van der Waals surface area contributed by atoms with E-state index < -0.39 is 33.2 Å². The number of nitrogens with zero attached hydrogens (tertiary/aromatic N) is 2. The monoisotopic (exact) mass is 450 g/mol. The minimum atomic E-state index is -4.12. The standard InChI is InChI=1S/C19H19ClN4O5S/c1-11(17(25)21-13-6-4-12(20)5-7-13)22-30(28,29)14-8-9-16-15(10-14)18(26)24(3)19(27)23(16)2/h4-11,22H,1-3H3,(H,21,25)/t11-/m1/s1. The van der Waals surface area contributed by atoms with Crippen molar-refractivity contribution in [2.24, 2.45) is 14.1 Å². The van der Waals surface area contributed by atoms with E-state index >= 15 is 0 Å². The largest absolute Gasteiger partial charge is 0.330 e. The summed E-state index contributed by atoms with van der Waals surface area (Å²) in [5, 5.41) is 3.16. The Bertz CT molecular complexity index is 1360. The number of hydrogen-bond acceptors (Lipinski definition) is 5. The molecule has 0 saturated carbocycles. The Morgan fingerprint density at radius 2 is 1.67 bits per heavy atom. The third-order valence-electron chi connectivity index (χ3n) is 4.59. The van der Waals surface area contributed by atoms with E-state index in [1.54, 1.807) is 24.3 Å². The van der Waals surface area contributed by atoms with Crippen molar-refractivity contribution in [3.63, 3.8) is 0 Å². The first-order valence-electron chi connectivity index (χ1n) is 8.80. The Morgan fingerprint density at radius 3 is 2.30 bits per heavy atom. The number of sulfonamides is 1. The highest BCUT2D eigenvalue weighted by atomic mass is 35.5. The normalized spacial score (nSPS) is 12.7. The molecule has 11 heteroatoms. The minimum absolute atomic E-state index is 0.0701. The van der Waals surface area contributed by atoms with E-state index in [-0.39, 0.29) is 10.3 Å². The van der Waals surface area contributed by atoms with Crippen LogP contribution < -0.4 is 21.3 Å². The zero-order valence-electron chi connectivity index (χ0n) is 16.3. The van der Waals surface area contributed by atoms with Crippen LogP contribution in [0.3, 0.4) is 0 Å². The van der Waals surface area contributed by atoms with Crippen LogP contribution >= 0.6 is 11.6 Å². The Hall–Kier alpha value is -2.95. The van der Waals surface area contributed by atoms with E-state index in [1.165, 1.54) is 43.8 Å². The van der Waals surface area contributed by atoms with Gasteiger partial charge in [0.15, 0.2) is 0 Å². The summed E-state index contributed by atoms with van der Waals surface area (Å²) < 4.78 is 29.9. The second kappa shape index (κ2) is 8.05. The molecule has 0 bridgehead atoms. The molecule has 0 saturated heterocycles. The van der Waals surface area contributed by atoms with Crippen molar-refractivity contribution in [2.45, 2.75) is 17.9 Å². The van der Waals surface area contributed by atoms with Gasteiger partial charge in [0.25, 0.3) is 5.56 Å². The number of anilines is 1. The highest BCUT2D eigenvalue weighted by Crippen LogP contribution is 2.17. The van der Waals surface area contributed by atoms with Crippen LogP contribution in [0.5, 0.6) is 0 Å². The summed E-state index contributed by atoms with van der Waals surface area (Å²) in [6.07, 6.45) is 0. The van der Waals surface area contributed by atoms with Gasteiger partial charge in [0.2, 0.25) is 15.9 Å². The van der Waals surface area contributed by atoms with Gasteiger partial charge in [-0.05, 0) is 49.4 Å². The van der Waals surface area contributed by atoms with Gasteiger partial charge in [-0.25, -0.2) is 13.2 Å². The lowest BCUT2D eigenvalue weighted by Crippen LogP contribution is -2.41. The van der Waals surface area contributed by atoms with Gasteiger partial charge in [0.05, 0.1) is 21.8 Å². The zero-order valence-corrected chi connectivity index (χ0v) is 17.9. The number of benzene rings is 2. The van der Waals surface area contributed by atoms with Gasteiger partial charge in [-0.2, -0.15) is 4.72 Å². The number of nitrogens with one attached hydrogen (secondary N) is 2. The molecule has 9 nitrogen and oxygen atoms in total. The van der Waals surface area contributed by atoms with Crippen LogP contribution in [0.15, 0.2) is 56.9 Å². The summed E-state index contributed by atoms with van der Waals surface area (Å²) >= 11 is 5.80. The number of amides is 1. The Kier molecular flexibility index (Phi) is 5.84. The molecule has 3 rings (SSSR count). The van der Waals surface area contributed by atoms with Gasteiger partial charge in [0, 0.05) is 24.8 Å². The molecule has 158 valence electrons. The van der Waals surface area contributed by atoms with Gasteiger partial charge in [-0.3, -0.25) is 18.7 Å². The number of halogens is 1. The summed E-state index contributed by atoms with van der Waals surface area (Å²) in [6.45, 7) is 1.40. The van der Waals surface area contributed by atoms with Crippen molar-refractivity contribution < 1.29 is 13.2 Å². The highest BCUT2D eigenvalue weighted by molar-refractivity contribution is 7.89. The summed E-state index contributed by atoms with van der Waals surface area (Å²) in [5.74, 6) is -0.569. The number of aromatic nitrogens is 2. The molecular formula is C19H19ClN4O5S. The van der Waals surface area contributed by atoms with Crippen molar-refractivity contribution in [1.82, 2.24) is 13.9 Å². The van der Waals surface area contributed by atoms with E-state index in [0.717, 1.165) is 4.57 Å². The van der Waals surface area contributed by atoms with Crippen LogP contribution in [0.25, 0.3) is 10.9 Å². The molecule has 0 aliphatic carbocycles. The fourth-order valence-corrected chi connectivity index (χ4v) is 4.23. The number of fused-ring (bicyclic) bond motifs is 1. The van der Waals surface area contributed by atoms with Gasteiger partial charge in [0.1, 0.15) is 0 Å². The predicted octanol–water partition coefficient (Wildman–Crippen LogP) is 1.20. The Balaban J connectivity index is 1.88. The number of rotatable bonds is 5. The quantitative estimate of drug-likeness (QED) is 0.605. The van der Waals surface area contributed by atoms with Crippen molar-refractivity contribution in [3.8, 4) is 0 Å². The first-order chi connectivity index (χ1) is 14.0. The summed E-state index contributed by atoms with van der Waals surface area (Å²) in [7, 11) is -1.32. The SMILES string of the molecule is C[C@@H](NS(=O)(=O)c1ccc2c(c1)c(=O)n(C)c(=O)n2C)C(=O)Nc1ccc(Cl)cc1. The van der Waals surface area contributed by atoms with E-state index in [4.69, 9.17) is 11.6 Å². The summed E-state index contributed by atoms with van der Waals surface area (Å²) in [5.41, 5.74) is -0.367. The Morgan fingerprint density at radius 1 is 1.03 bits per heavy atom. The Labute approximate surface area is 177 Å². The van der Waals surface area contributed by atoms with Crippen molar-refractivity contribution in [1.29, 1.82) is 0 Å². The fraction of sp³-hybridized carbons (Fsp3) is 0.211. The molecular weight excluding hydrogens is 432 g/mol. The topological polar surface area (TPSA) is 119 Å². The minimum Gasteiger partial charge on any atom is -0.325 e. The van der Waals surface area contributed by atoms with E-state index in [9.17, 15) is 22.8 Å². The van der Waals surface area contributed by atoms with E-state index in [0.29, 0.717) is 16.2 Å². The number of carbonyl (C=O) groups is 1. The number of hydrogen-bond donors (Lipinski definition) is 2. The van der Waals surface area contributed by atoms with E-state index in [2.05, 4.69) is 10.0 Å². The van der Waals surface area contributed by atoms with Crippen LogP contribution in [-0.4, -0.2) is 29.5 Å². The lowest BCUT2D eigenvalue weighted by molar-refractivity contribution is -0.117. The predicted molar refractivity (Wildman–Crippen MR) is 114 cm³/mol.